The average Bonchev–Trinajstić information content (AvgIpc) is 2.18. The lowest BCUT2D eigenvalue weighted by Gasteiger charge is -2.03. The number of aromatic nitrogens is 3. The number of terminal acetylenes is 1. The Bertz CT molecular complexity index is 340. The highest BCUT2D eigenvalue weighted by Gasteiger charge is 1.99. The van der Waals surface area contributed by atoms with Crippen molar-refractivity contribution >= 4 is 5.95 Å². The number of anilines is 1. The van der Waals surface area contributed by atoms with Gasteiger partial charge in [-0.2, -0.15) is 5.10 Å². The van der Waals surface area contributed by atoms with E-state index in [4.69, 9.17) is 6.42 Å². The Kier molecular flexibility index (Phi) is 3.86. The Labute approximate surface area is 84.2 Å². The Morgan fingerprint density at radius 1 is 1.29 bits per heavy atom. The van der Waals surface area contributed by atoms with Gasteiger partial charge in [0.15, 0.2) is 0 Å². The Morgan fingerprint density at radius 2 is 2.07 bits per heavy atom. The van der Waals surface area contributed by atoms with Gasteiger partial charge in [-0.25, -0.2) is 4.98 Å². The summed E-state index contributed by atoms with van der Waals surface area (Å²) < 4.78 is 0. The van der Waals surface area contributed by atoms with Crippen LogP contribution in [0, 0.1) is 26.2 Å². The van der Waals surface area contributed by atoms with Crippen LogP contribution in [0.25, 0.3) is 0 Å². The smallest absolute Gasteiger partial charge is 0.242 e. The van der Waals surface area contributed by atoms with E-state index < -0.39 is 0 Å². The number of unbranched alkanes of at least 4 members (excludes halogenated alkanes) is 1. The van der Waals surface area contributed by atoms with Crippen molar-refractivity contribution in [2.24, 2.45) is 0 Å². The fraction of sp³-hybridized carbons (Fsp3) is 0.500. The van der Waals surface area contributed by atoms with Crippen molar-refractivity contribution < 1.29 is 0 Å². The lowest BCUT2D eigenvalue weighted by atomic mass is 10.3. The van der Waals surface area contributed by atoms with Gasteiger partial charge in [0.2, 0.25) is 5.95 Å². The molecule has 0 radical (unpaired) electrons. The van der Waals surface area contributed by atoms with Gasteiger partial charge in [-0.3, -0.25) is 0 Å². The average molecular weight is 190 g/mol. The molecule has 1 rings (SSSR count). The molecule has 74 valence electrons. The quantitative estimate of drug-likeness (QED) is 0.574. The molecule has 0 fully saturated rings. The topological polar surface area (TPSA) is 50.7 Å². The van der Waals surface area contributed by atoms with Crippen molar-refractivity contribution in [3.8, 4) is 12.3 Å². The highest BCUT2D eigenvalue weighted by atomic mass is 15.2. The van der Waals surface area contributed by atoms with Crippen LogP contribution >= 0.6 is 0 Å². The molecule has 0 aliphatic rings. The molecule has 14 heavy (non-hydrogen) atoms. The zero-order valence-electron chi connectivity index (χ0n) is 8.54. The minimum absolute atomic E-state index is 0.574. The van der Waals surface area contributed by atoms with Gasteiger partial charge < -0.3 is 5.32 Å². The van der Waals surface area contributed by atoms with Crippen LogP contribution in [0.5, 0.6) is 0 Å². The molecule has 0 aliphatic heterocycles. The van der Waals surface area contributed by atoms with Crippen molar-refractivity contribution in [3.05, 3.63) is 11.4 Å². The summed E-state index contributed by atoms with van der Waals surface area (Å²) in [6.07, 6.45) is 6.82. The molecule has 0 spiro atoms. The highest BCUT2D eigenvalue weighted by Crippen LogP contribution is 2.01. The highest BCUT2D eigenvalue weighted by molar-refractivity contribution is 5.24. The molecule has 0 saturated heterocycles. The predicted molar refractivity (Wildman–Crippen MR) is 55.9 cm³/mol. The standard InChI is InChI=1S/C10H14N4/c1-4-5-6-7-11-10-12-8(2)9(3)13-14-10/h1H,5-7H2,2-3H3,(H,11,12,14). The number of aryl methyl sites for hydroxylation is 2. The molecule has 0 saturated carbocycles. The molecule has 1 aromatic heterocycles. The molecule has 1 aromatic rings. The molecule has 0 bridgehead atoms. The molecular weight excluding hydrogens is 176 g/mol. The first-order valence-corrected chi connectivity index (χ1v) is 4.59. The second-order valence-corrected chi connectivity index (χ2v) is 3.04. The molecular formula is C10H14N4. The van der Waals surface area contributed by atoms with E-state index in [2.05, 4.69) is 26.4 Å². The molecule has 0 atom stereocenters. The van der Waals surface area contributed by atoms with Gasteiger partial charge in [-0.15, -0.1) is 17.4 Å². The Morgan fingerprint density at radius 3 is 2.71 bits per heavy atom. The molecule has 0 aromatic carbocycles. The SMILES string of the molecule is C#CCCCNc1nnc(C)c(C)n1. The third kappa shape index (κ3) is 3.02. The zero-order chi connectivity index (χ0) is 10.4. The van der Waals surface area contributed by atoms with Crippen molar-refractivity contribution in [2.75, 3.05) is 11.9 Å². The fourth-order valence-corrected chi connectivity index (χ4v) is 0.922. The number of hydrogen-bond acceptors (Lipinski definition) is 4. The maximum absolute atomic E-state index is 5.13. The van der Waals surface area contributed by atoms with Crippen LogP contribution in [-0.4, -0.2) is 21.7 Å². The van der Waals surface area contributed by atoms with Crippen molar-refractivity contribution in [3.63, 3.8) is 0 Å². The van der Waals surface area contributed by atoms with E-state index in [0.717, 1.165) is 30.8 Å². The minimum Gasteiger partial charge on any atom is -0.353 e. The van der Waals surface area contributed by atoms with Crippen molar-refractivity contribution in [1.82, 2.24) is 15.2 Å². The number of rotatable bonds is 4. The van der Waals surface area contributed by atoms with Gasteiger partial charge in [0.1, 0.15) is 0 Å². The molecule has 1 heterocycles. The first-order valence-electron chi connectivity index (χ1n) is 4.59. The first-order chi connectivity index (χ1) is 6.74. The number of nitrogens with zero attached hydrogens (tertiary/aromatic N) is 3. The number of nitrogens with one attached hydrogen (secondary N) is 1. The van der Waals surface area contributed by atoms with Gasteiger partial charge in [-0.1, -0.05) is 0 Å². The summed E-state index contributed by atoms with van der Waals surface area (Å²) >= 11 is 0. The summed E-state index contributed by atoms with van der Waals surface area (Å²) in [4.78, 5) is 4.23. The third-order valence-corrected chi connectivity index (χ3v) is 1.87. The monoisotopic (exact) mass is 190 g/mol. The molecule has 1 N–H and O–H groups in total. The minimum atomic E-state index is 0.574. The van der Waals surface area contributed by atoms with Crippen LogP contribution in [0.4, 0.5) is 5.95 Å². The lowest BCUT2D eigenvalue weighted by molar-refractivity contribution is 0.851. The van der Waals surface area contributed by atoms with Crippen molar-refractivity contribution in [1.29, 1.82) is 0 Å². The number of hydrogen-bond donors (Lipinski definition) is 1. The van der Waals surface area contributed by atoms with E-state index in [-0.39, 0.29) is 0 Å². The summed E-state index contributed by atoms with van der Waals surface area (Å²) in [5.74, 6) is 3.15. The van der Waals surface area contributed by atoms with E-state index in [9.17, 15) is 0 Å². The normalized spacial score (nSPS) is 9.50. The van der Waals surface area contributed by atoms with Crippen LogP contribution in [0.3, 0.4) is 0 Å². The maximum atomic E-state index is 5.13. The van der Waals surface area contributed by atoms with E-state index in [1.165, 1.54) is 0 Å². The summed E-state index contributed by atoms with van der Waals surface area (Å²) in [5, 5.41) is 10.9. The van der Waals surface area contributed by atoms with Crippen LogP contribution in [-0.2, 0) is 0 Å². The predicted octanol–water partition coefficient (Wildman–Crippen LogP) is 1.31. The summed E-state index contributed by atoms with van der Waals surface area (Å²) in [6.45, 7) is 4.59. The van der Waals surface area contributed by atoms with Crippen LogP contribution in [0.2, 0.25) is 0 Å². The van der Waals surface area contributed by atoms with Crippen molar-refractivity contribution in [2.45, 2.75) is 26.7 Å². The fourth-order valence-electron chi connectivity index (χ4n) is 0.922. The molecule has 0 amide bonds. The van der Waals surface area contributed by atoms with Gasteiger partial charge in [0.05, 0.1) is 11.4 Å². The zero-order valence-corrected chi connectivity index (χ0v) is 8.54. The van der Waals surface area contributed by atoms with Gasteiger partial charge in [0, 0.05) is 13.0 Å². The van der Waals surface area contributed by atoms with Gasteiger partial charge in [0.25, 0.3) is 0 Å². The first kappa shape index (κ1) is 10.5. The van der Waals surface area contributed by atoms with E-state index in [1.54, 1.807) is 0 Å². The Balaban J connectivity index is 2.44. The molecule has 0 aliphatic carbocycles. The van der Waals surface area contributed by atoms with Crippen LogP contribution in [0.1, 0.15) is 24.2 Å². The second kappa shape index (κ2) is 5.18. The maximum Gasteiger partial charge on any atom is 0.242 e. The van der Waals surface area contributed by atoms with E-state index >= 15 is 0 Å². The molecule has 0 unspecified atom stereocenters. The second-order valence-electron chi connectivity index (χ2n) is 3.04. The van der Waals surface area contributed by atoms with Gasteiger partial charge >= 0.3 is 0 Å². The Hall–Kier alpha value is -1.63. The molecule has 4 nitrogen and oxygen atoms in total. The third-order valence-electron chi connectivity index (χ3n) is 1.87. The largest absolute Gasteiger partial charge is 0.353 e. The summed E-state index contributed by atoms with van der Waals surface area (Å²) in [6, 6.07) is 0. The van der Waals surface area contributed by atoms with E-state index in [1.807, 2.05) is 13.8 Å². The van der Waals surface area contributed by atoms with E-state index in [0.29, 0.717) is 5.95 Å². The summed E-state index contributed by atoms with van der Waals surface area (Å²) in [7, 11) is 0. The van der Waals surface area contributed by atoms with Gasteiger partial charge in [-0.05, 0) is 20.3 Å². The lowest BCUT2D eigenvalue weighted by Crippen LogP contribution is -2.08. The molecule has 4 heteroatoms. The summed E-state index contributed by atoms with van der Waals surface area (Å²) in [5.41, 5.74) is 1.76. The van der Waals surface area contributed by atoms with Crippen LogP contribution in [0.15, 0.2) is 0 Å². The van der Waals surface area contributed by atoms with Crippen LogP contribution < -0.4 is 5.32 Å².